The van der Waals surface area contributed by atoms with Crippen LogP contribution < -0.4 is 10.1 Å². The summed E-state index contributed by atoms with van der Waals surface area (Å²) in [5.41, 5.74) is 1.87. The fourth-order valence-corrected chi connectivity index (χ4v) is 3.48. The molecule has 0 atom stereocenters. The zero-order chi connectivity index (χ0) is 22.3. The maximum atomic E-state index is 13.1. The number of carbonyl (C=O) groups is 2. The highest BCUT2D eigenvalue weighted by molar-refractivity contribution is 6.18. The molecule has 4 aromatic rings. The summed E-state index contributed by atoms with van der Waals surface area (Å²) in [5, 5.41) is 3.56. The van der Waals surface area contributed by atoms with E-state index in [4.69, 9.17) is 9.15 Å². The molecule has 1 aromatic heterocycles. The Labute approximate surface area is 187 Å². The van der Waals surface area contributed by atoms with Crippen LogP contribution in [0, 0.1) is 0 Å². The standard InChI is InChI=1S/C27H25NO4/c1-2-3-9-18-31-21-16-14-20(15-17-21)27(30)28-24-22-12-7-8-13-23(22)32-26(24)25(29)19-10-5-4-6-11-19/h4-8,10-17H,2-3,9,18H2,1H3,(H,28,30). The van der Waals surface area contributed by atoms with Gasteiger partial charge in [-0.2, -0.15) is 0 Å². The Hall–Kier alpha value is -3.86. The molecule has 1 N–H and O–H groups in total. The number of nitrogens with one attached hydrogen (secondary N) is 1. The van der Waals surface area contributed by atoms with E-state index in [2.05, 4.69) is 12.2 Å². The quantitative estimate of drug-likeness (QED) is 0.245. The maximum absolute atomic E-state index is 13.1. The first-order valence-corrected chi connectivity index (χ1v) is 10.8. The molecule has 1 amide bonds. The van der Waals surface area contributed by atoms with Crippen LogP contribution in [0.3, 0.4) is 0 Å². The van der Waals surface area contributed by atoms with E-state index in [1.165, 1.54) is 0 Å². The summed E-state index contributed by atoms with van der Waals surface area (Å²) in [5.74, 6) is 0.233. The van der Waals surface area contributed by atoms with Crippen molar-refractivity contribution in [3.8, 4) is 5.75 Å². The third kappa shape index (κ3) is 4.72. The fraction of sp³-hybridized carbons (Fsp3) is 0.185. The Morgan fingerprint density at radius 1 is 0.844 bits per heavy atom. The molecule has 0 bridgehead atoms. The third-order valence-electron chi connectivity index (χ3n) is 5.21. The van der Waals surface area contributed by atoms with E-state index in [9.17, 15) is 9.59 Å². The molecule has 5 nitrogen and oxygen atoms in total. The van der Waals surface area contributed by atoms with E-state index >= 15 is 0 Å². The summed E-state index contributed by atoms with van der Waals surface area (Å²) in [6.07, 6.45) is 3.27. The number of fused-ring (bicyclic) bond motifs is 1. The Balaban J connectivity index is 1.57. The van der Waals surface area contributed by atoms with Crippen molar-refractivity contribution >= 4 is 28.3 Å². The lowest BCUT2D eigenvalue weighted by Gasteiger charge is -2.08. The SMILES string of the molecule is CCCCCOc1ccc(C(=O)Nc2c(C(=O)c3ccccc3)oc3ccccc23)cc1. The molecule has 162 valence electrons. The first kappa shape index (κ1) is 21.4. The highest BCUT2D eigenvalue weighted by Crippen LogP contribution is 2.33. The Morgan fingerprint density at radius 3 is 2.31 bits per heavy atom. The number of furan rings is 1. The second-order valence-corrected chi connectivity index (χ2v) is 7.53. The molecule has 5 heteroatoms. The first-order valence-electron chi connectivity index (χ1n) is 10.8. The van der Waals surface area contributed by atoms with Crippen LogP contribution in [0.15, 0.2) is 83.3 Å². The van der Waals surface area contributed by atoms with Gasteiger partial charge >= 0.3 is 0 Å². The molecular formula is C27H25NO4. The van der Waals surface area contributed by atoms with Crippen LogP contribution in [0.5, 0.6) is 5.75 Å². The molecule has 0 radical (unpaired) electrons. The predicted molar refractivity (Wildman–Crippen MR) is 126 cm³/mol. The van der Waals surface area contributed by atoms with Crippen LogP contribution in [0.4, 0.5) is 5.69 Å². The Morgan fingerprint density at radius 2 is 1.56 bits per heavy atom. The maximum Gasteiger partial charge on any atom is 0.255 e. The third-order valence-corrected chi connectivity index (χ3v) is 5.21. The van der Waals surface area contributed by atoms with E-state index in [-0.39, 0.29) is 17.5 Å². The van der Waals surface area contributed by atoms with E-state index < -0.39 is 0 Å². The largest absolute Gasteiger partial charge is 0.494 e. The van der Waals surface area contributed by atoms with Crippen molar-refractivity contribution in [2.24, 2.45) is 0 Å². The summed E-state index contributed by atoms with van der Waals surface area (Å²) in [6, 6.07) is 23.1. The topological polar surface area (TPSA) is 68.5 Å². The number of amides is 1. The zero-order valence-electron chi connectivity index (χ0n) is 18.0. The van der Waals surface area contributed by atoms with Crippen molar-refractivity contribution in [3.05, 3.63) is 95.7 Å². The van der Waals surface area contributed by atoms with Crippen molar-refractivity contribution in [3.63, 3.8) is 0 Å². The Kier molecular flexibility index (Phi) is 6.66. The molecule has 0 aliphatic rings. The monoisotopic (exact) mass is 427 g/mol. The van der Waals surface area contributed by atoms with Gasteiger partial charge in [0.1, 0.15) is 11.3 Å². The molecule has 3 aromatic carbocycles. The minimum absolute atomic E-state index is 0.113. The molecule has 0 saturated heterocycles. The molecule has 0 saturated carbocycles. The number of hydrogen-bond acceptors (Lipinski definition) is 4. The minimum Gasteiger partial charge on any atom is -0.494 e. The molecular weight excluding hydrogens is 402 g/mol. The van der Waals surface area contributed by atoms with Gasteiger partial charge in [0, 0.05) is 16.5 Å². The lowest BCUT2D eigenvalue weighted by atomic mass is 10.1. The average Bonchev–Trinajstić information content (AvgIpc) is 3.20. The molecule has 1 heterocycles. The second kappa shape index (κ2) is 9.96. The number of rotatable bonds is 9. The van der Waals surface area contributed by atoms with Gasteiger partial charge in [-0.15, -0.1) is 0 Å². The summed E-state index contributed by atoms with van der Waals surface area (Å²) in [6.45, 7) is 2.81. The number of ether oxygens (including phenoxy) is 1. The number of para-hydroxylation sites is 1. The number of unbranched alkanes of at least 4 members (excludes halogenated alkanes) is 2. The molecule has 4 rings (SSSR count). The second-order valence-electron chi connectivity index (χ2n) is 7.53. The number of benzene rings is 3. The van der Waals surface area contributed by atoms with Gasteiger partial charge in [-0.25, -0.2) is 0 Å². The van der Waals surface area contributed by atoms with Gasteiger partial charge in [-0.05, 0) is 42.8 Å². The van der Waals surface area contributed by atoms with Crippen molar-refractivity contribution in [1.29, 1.82) is 0 Å². The lowest BCUT2D eigenvalue weighted by Crippen LogP contribution is -2.14. The van der Waals surface area contributed by atoms with Gasteiger partial charge in [0.05, 0.1) is 12.3 Å². The van der Waals surface area contributed by atoms with Crippen LogP contribution >= 0.6 is 0 Å². The van der Waals surface area contributed by atoms with Gasteiger partial charge in [0.2, 0.25) is 5.78 Å². The smallest absolute Gasteiger partial charge is 0.255 e. The van der Waals surface area contributed by atoms with Crippen molar-refractivity contribution in [1.82, 2.24) is 0 Å². The molecule has 0 aliphatic heterocycles. The van der Waals surface area contributed by atoms with Crippen LogP contribution in [0.1, 0.15) is 52.7 Å². The number of ketones is 1. The molecule has 0 unspecified atom stereocenters. The highest BCUT2D eigenvalue weighted by atomic mass is 16.5. The number of anilines is 1. The minimum atomic E-state index is -0.323. The van der Waals surface area contributed by atoms with Gasteiger partial charge < -0.3 is 14.5 Å². The molecule has 0 aliphatic carbocycles. The molecule has 0 spiro atoms. The summed E-state index contributed by atoms with van der Waals surface area (Å²) in [7, 11) is 0. The van der Waals surface area contributed by atoms with Gasteiger partial charge in [-0.1, -0.05) is 62.2 Å². The summed E-state index contributed by atoms with van der Waals surface area (Å²) < 4.78 is 11.6. The van der Waals surface area contributed by atoms with Crippen LogP contribution in [-0.4, -0.2) is 18.3 Å². The predicted octanol–water partition coefficient (Wildman–Crippen LogP) is 6.49. The average molecular weight is 428 g/mol. The van der Waals surface area contributed by atoms with Crippen molar-refractivity contribution in [2.75, 3.05) is 11.9 Å². The van der Waals surface area contributed by atoms with Gasteiger partial charge in [-0.3, -0.25) is 9.59 Å². The normalized spacial score (nSPS) is 10.8. The number of carbonyl (C=O) groups excluding carboxylic acids is 2. The highest BCUT2D eigenvalue weighted by Gasteiger charge is 2.23. The number of hydrogen-bond donors (Lipinski definition) is 1. The lowest BCUT2D eigenvalue weighted by molar-refractivity contribution is 0.101. The first-order chi connectivity index (χ1) is 15.7. The summed E-state index contributed by atoms with van der Waals surface area (Å²) >= 11 is 0. The van der Waals surface area contributed by atoms with Gasteiger partial charge in [0.15, 0.2) is 5.76 Å². The van der Waals surface area contributed by atoms with E-state index in [1.807, 2.05) is 24.3 Å². The van der Waals surface area contributed by atoms with Crippen LogP contribution in [0.25, 0.3) is 11.0 Å². The summed E-state index contributed by atoms with van der Waals surface area (Å²) in [4.78, 5) is 26.1. The van der Waals surface area contributed by atoms with E-state index in [1.54, 1.807) is 54.6 Å². The van der Waals surface area contributed by atoms with Crippen LogP contribution in [-0.2, 0) is 0 Å². The van der Waals surface area contributed by atoms with E-state index in [0.29, 0.717) is 34.4 Å². The molecule has 32 heavy (non-hydrogen) atoms. The van der Waals surface area contributed by atoms with Crippen molar-refractivity contribution in [2.45, 2.75) is 26.2 Å². The van der Waals surface area contributed by atoms with Crippen LogP contribution in [0.2, 0.25) is 0 Å². The van der Waals surface area contributed by atoms with E-state index in [0.717, 1.165) is 25.0 Å². The molecule has 0 fully saturated rings. The zero-order valence-corrected chi connectivity index (χ0v) is 18.0. The van der Waals surface area contributed by atoms with Gasteiger partial charge in [0.25, 0.3) is 5.91 Å². The fourth-order valence-electron chi connectivity index (χ4n) is 3.48. The Bertz CT molecular complexity index is 1210. The van der Waals surface area contributed by atoms with Crippen molar-refractivity contribution < 1.29 is 18.7 Å².